The van der Waals surface area contributed by atoms with Gasteiger partial charge in [-0.1, -0.05) is 13.0 Å². The van der Waals surface area contributed by atoms with Gasteiger partial charge in [-0.15, -0.1) is 11.3 Å². The van der Waals surface area contributed by atoms with Crippen molar-refractivity contribution in [2.75, 3.05) is 11.9 Å². The summed E-state index contributed by atoms with van der Waals surface area (Å²) in [6, 6.07) is 7.35. The molecule has 1 aromatic carbocycles. The molecule has 1 aromatic heterocycles. The predicted molar refractivity (Wildman–Crippen MR) is 85.7 cm³/mol. The Balaban J connectivity index is 2.27. The summed E-state index contributed by atoms with van der Waals surface area (Å²) in [5.41, 5.74) is -0.0567. The molecule has 3 N–H and O–H groups in total. The van der Waals surface area contributed by atoms with Gasteiger partial charge in [-0.2, -0.15) is 0 Å². The molecule has 0 aliphatic heterocycles. The summed E-state index contributed by atoms with van der Waals surface area (Å²) in [5.74, 6) is 0.132. The number of nitrogens with two attached hydrogens (primary N) is 1. The number of rotatable bonds is 6. The molecule has 1 atom stereocenters. The number of anilines is 1. The van der Waals surface area contributed by atoms with Gasteiger partial charge in [-0.05, 0) is 17.5 Å². The highest BCUT2D eigenvalue weighted by atomic mass is 32.2. The largest absolute Gasteiger partial charge is 0.383 e. The fraction of sp³-hybridized carbons (Fsp3) is 0.231. The molecule has 22 heavy (non-hydrogen) atoms. The molecule has 0 saturated carbocycles. The van der Waals surface area contributed by atoms with Gasteiger partial charge in [-0.25, -0.2) is 13.6 Å². The monoisotopic (exact) mass is 341 g/mol. The van der Waals surface area contributed by atoms with E-state index in [1.165, 1.54) is 6.07 Å². The average molecular weight is 341 g/mol. The van der Waals surface area contributed by atoms with Gasteiger partial charge < -0.3 is 5.32 Å². The van der Waals surface area contributed by atoms with Gasteiger partial charge in [0.05, 0.1) is 10.6 Å². The summed E-state index contributed by atoms with van der Waals surface area (Å²) < 4.78 is 23.2. The minimum atomic E-state index is -3.96. The number of benzene rings is 1. The molecule has 0 saturated heterocycles. The van der Waals surface area contributed by atoms with Crippen molar-refractivity contribution in [3.05, 3.63) is 50.7 Å². The Morgan fingerprint density at radius 3 is 2.68 bits per heavy atom. The molecule has 0 aliphatic carbocycles. The summed E-state index contributed by atoms with van der Waals surface area (Å²) in [6.45, 7) is 2.41. The Bertz CT molecular complexity index is 773. The number of non-ortho nitro benzene ring substituents is 1. The molecular weight excluding hydrogens is 326 g/mol. The van der Waals surface area contributed by atoms with Gasteiger partial charge in [0.2, 0.25) is 10.0 Å². The Morgan fingerprint density at radius 2 is 2.14 bits per heavy atom. The highest BCUT2D eigenvalue weighted by molar-refractivity contribution is 7.89. The quantitative estimate of drug-likeness (QED) is 0.619. The molecular formula is C13H15N3O4S2. The van der Waals surface area contributed by atoms with E-state index in [4.69, 9.17) is 5.14 Å². The minimum absolute atomic E-state index is 0.132. The van der Waals surface area contributed by atoms with Crippen molar-refractivity contribution in [2.45, 2.75) is 17.7 Å². The summed E-state index contributed by atoms with van der Waals surface area (Å²) in [7, 11) is -3.96. The van der Waals surface area contributed by atoms with Crippen LogP contribution in [0.1, 0.15) is 17.7 Å². The number of primary sulfonamides is 1. The summed E-state index contributed by atoms with van der Waals surface area (Å²) in [6.07, 6.45) is 0. The lowest BCUT2D eigenvalue weighted by molar-refractivity contribution is -0.384. The topological polar surface area (TPSA) is 115 Å². The van der Waals surface area contributed by atoms with Crippen molar-refractivity contribution in [2.24, 2.45) is 5.14 Å². The van der Waals surface area contributed by atoms with Crippen molar-refractivity contribution >= 4 is 32.7 Å². The zero-order chi connectivity index (χ0) is 16.3. The van der Waals surface area contributed by atoms with E-state index in [-0.39, 0.29) is 22.2 Å². The molecule has 0 spiro atoms. The van der Waals surface area contributed by atoms with Crippen LogP contribution in [0.5, 0.6) is 0 Å². The number of hydrogen-bond donors (Lipinski definition) is 2. The van der Waals surface area contributed by atoms with Crippen LogP contribution in [0.2, 0.25) is 0 Å². The molecule has 1 heterocycles. The summed E-state index contributed by atoms with van der Waals surface area (Å²) in [4.78, 5) is 11.2. The van der Waals surface area contributed by atoms with Crippen molar-refractivity contribution in [1.82, 2.24) is 0 Å². The first-order valence-corrected chi connectivity index (χ1v) is 8.80. The number of nitro benzene ring substituents is 1. The molecule has 0 bridgehead atoms. The SMILES string of the molecule is C[C@@H](CNc1cc([N+](=O)[O-])ccc1S(N)(=O)=O)c1cccs1. The van der Waals surface area contributed by atoms with Crippen LogP contribution in [-0.4, -0.2) is 19.9 Å². The van der Waals surface area contributed by atoms with E-state index in [0.29, 0.717) is 6.54 Å². The van der Waals surface area contributed by atoms with E-state index in [0.717, 1.165) is 17.0 Å². The van der Waals surface area contributed by atoms with Crippen LogP contribution >= 0.6 is 11.3 Å². The van der Waals surface area contributed by atoms with E-state index in [1.807, 2.05) is 24.4 Å². The first-order chi connectivity index (χ1) is 10.3. The van der Waals surface area contributed by atoms with Crippen molar-refractivity contribution in [1.29, 1.82) is 0 Å². The zero-order valence-corrected chi connectivity index (χ0v) is 13.4. The average Bonchev–Trinajstić information content (AvgIpc) is 2.97. The third kappa shape index (κ3) is 3.81. The molecule has 2 aromatic rings. The van der Waals surface area contributed by atoms with E-state index >= 15 is 0 Å². The minimum Gasteiger partial charge on any atom is -0.383 e. The Hall–Kier alpha value is -1.97. The number of nitrogens with zero attached hydrogens (tertiary/aromatic N) is 1. The normalized spacial score (nSPS) is 12.8. The third-order valence-corrected chi connectivity index (χ3v) is 5.18. The molecule has 0 aliphatic rings. The van der Waals surface area contributed by atoms with E-state index in [2.05, 4.69) is 5.32 Å². The maximum Gasteiger partial charge on any atom is 0.271 e. The smallest absolute Gasteiger partial charge is 0.271 e. The van der Waals surface area contributed by atoms with Gasteiger partial charge in [-0.3, -0.25) is 10.1 Å². The lowest BCUT2D eigenvalue weighted by Gasteiger charge is -2.14. The molecule has 0 radical (unpaired) electrons. The molecule has 2 rings (SSSR count). The van der Waals surface area contributed by atoms with E-state index in [9.17, 15) is 18.5 Å². The fourth-order valence-electron chi connectivity index (χ4n) is 1.95. The maximum absolute atomic E-state index is 11.6. The first kappa shape index (κ1) is 16.4. The van der Waals surface area contributed by atoms with Gasteiger partial charge in [0.1, 0.15) is 4.90 Å². The number of sulfonamides is 1. The first-order valence-electron chi connectivity index (χ1n) is 6.37. The van der Waals surface area contributed by atoms with Crippen LogP contribution in [0.25, 0.3) is 0 Å². The number of hydrogen-bond acceptors (Lipinski definition) is 6. The van der Waals surface area contributed by atoms with Crippen LogP contribution in [0.4, 0.5) is 11.4 Å². The van der Waals surface area contributed by atoms with Crippen LogP contribution < -0.4 is 10.5 Å². The second-order valence-corrected chi connectivity index (χ2v) is 7.29. The fourth-order valence-corrected chi connectivity index (χ4v) is 3.44. The summed E-state index contributed by atoms with van der Waals surface area (Å²) >= 11 is 1.59. The lowest BCUT2D eigenvalue weighted by atomic mass is 10.1. The van der Waals surface area contributed by atoms with Crippen LogP contribution in [-0.2, 0) is 10.0 Å². The van der Waals surface area contributed by atoms with Gasteiger partial charge >= 0.3 is 0 Å². The van der Waals surface area contributed by atoms with Crippen LogP contribution in [0.15, 0.2) is 40.6 Å². The number of nitrogens with one attached hydrogen (secondary N) is 1. The van der Waals surface area contributed by atoms with Crippen LogP contribution in [0.3, 0.4) is 0 Å². The highest BCUT2D eigenvalue weighted by Crippen LogP contribution is 2.27. The second kappa shape index (κ2) is 6.42. The molecule has 0 fully saturated rings. The van der Waals surface area contributed by atoms with E-state index in [1.54, 1.807) is 11.3 Å². The highest BCUT2D eigenvalue weighted by Gasteiger charge is 2.18. The van der Waals surface area contributed by atoms with Crippen molar-refractivity contribution in [3.63, 3.8) is 0 Å². The molecule has 0 amide bonds. The number of thiophene rings is 1. The Morgan fingerprint density at radius 1 is 1.41 bits per heavy atom. The second-order valence-electron chi connectivity index (χ2n) is 4.78. The maximum atomic E-state index is 11.6. The Kier molecular flexibility index (Phi) is 4.79. The molecule has 118 valence electrons. The molecule has 9 heteroatoms. The predicted octanol–water partition coefficient (Wildman–Crippen LogP) is 2.52. The van der Waals surface area contributed by atoms with Gasteiger partial charge in [0.15, 0.2) is 0 Å². The number of nitro groups is 1. The Labute approximate surface area is 132 Å². The van der Waals surface area contributed by atoms with Gasteiger partial charge in [0, 0.05) is 29.5 Å². The molecule has 7 nitrogen and oxygen atoms in total. The third-order valence-electron chi connectivity index (χ3n) is 3.11. The standard InChI is InChI=1S/C13H15N3O4S2/c1-9(12-3-2-6-21-12)8-15-11-7-10(16(17)18)4-5-13(11)22(14,19)20/h2-7,9,15H,8H2,1H3,(H2,14,19,20)/t9-/m0/s1. The zero-order valence-electron chi connectivity index (χ0n) is 11.7. The van der Waals surface area contributed by atoms with Crippen molar-refractivity contribution in [3.8, 4) is 0 Å². The van der Waals surface area contributed by atoms with Crippen LogP contribution in [0, 0.1) is 10.1 Å². The van der Waals surface area contributed by atoms with Crippen molar-refractivity contribution < 1.29 is 13.3 Å². The lowest BCUT2D eigenvalue weighted by Crippen LogP contribution is -2.17. The van der Waals surface area contributed by atoms with E-state index < -0.39 is 14.9 Å². The summed E-state index contributed by atoms with van der Waals surface area (Å²) in [5, 5.41) is 20.9. The molecule has 0 unspecified atom stereocenters. The van der Waals surface area contributed by atoms with Gasteiger partial charge in [0.25, 0.3) is 5.69 Å².